The quantitative estimate of drug-likeness (QED) is 0.447. The van der Waals surface area contributed by atoms with Crippen molar-refractivity contribution in [2.75, 3.05) is 0 Å². The van der Waals surface area contributed by atoms with Crippen molar-refractivity contribution in [3.63, 3.8) is 0 Å². The van der Waals surface area contributed by atoms with Gasteiger partial charge in [0.05, 0.1) is 0 Å². The van der Waals surface area contributed by atoms with Crippen LogP contribution in [0.5, 0.6) is 0 Å². The standard InChI is InChI=1S/C12H12N4/c13-11(14)9-5-7-3-1-2-4-8(7)6-10(9)12(15)16/h1-6H,(H3,13,14)(H3,15,16). The molecule has 0 aliphatic carbocycles. The Bertz CT molecular complexity index is 534. The average molecular weight is 212 g/mol. The summed E-state index contributed by atoms with van der Waals surface area (Å²) in [4.78, 5) is 0. The molecule has 2 aromatic rings. The number of amidine groups is 2. The predicted octanol–water partition coefficient (Wildman–Crippen LogP) is 1.41. The zero-order chi connectivity index (χ0) is 11.7. The number of hydrogen-bond acceptors (Lipinski definition) is 2. The maximum atomic E-state index is 7.47. The molecule has 16 heavy (non-hydrogen) atoms. The minimum atomic E-state index is -0.0732. The van der Waals surface area contributed by atoms with Crippen LogP contribution in [-0.2, 0) is 0 Å². The Hall–Kier alpha value is -2.36. The third-order valence-corrected chi connectivity index (χ3v) is 2.47. The molecule has 0 aliphatic rings. The van der Waals surface area contributed by atoms with Crippen LogP contribution in [0.3, 0.4) is 0 Å². The minimum absolute atomic E-state index is 0.0732. The Morgan fingerprint density at radius 3 is 1.50 bits per heavy atom. The van der Waals surface area contributed by atoms with E-state index >= 15 is 0 Å². The van der Waals surface area contributed by atoms with Gasteiger partial charge in [-0.1, -0.05) is 24.3 Å². The normalized spacial score (nSPS) is 10.2. The number of rotatable bonds is 2. The Kier molecular flexibility index (Phi) is 2.32. The highest BCUT2D eigenvalue weighted by Crippen LogP contribution is 2.19. The molecule has 0 fully saturated rings. The Morgan fingerprint density at radius 1 is 0.812 bits per heavy atom. The summed E-state index contributed by atoms with van der Waals surface area (Å²) in [6.07, 6.45) is 0. The maximum absolute atomic E-state index is 7.47. The molecule has 0 amide bonds. The maximum Gasteiger partial charge on any atom is 0.123 e. The third-order valence-electron chi connectivity index (χ3n) is 2.47. The second-order valence-corrected chi connectivity index (χ2v) is 3.57. The predicted molar refractivity (Wildman–Crippen MR) is 66.0 cm³/mol. The molecule has 0 saturated carbocycles. The fourth-order valence-corrected chi connectivity index (χ4v) is 1.69. The summed E-state index contributed by atoms with van der Waals surface area (Å²) < 4.78 is 0. The molecule has 2 aromatic carbocycles. The first kappa shape index (κ1) is 10.2. The Morgan fingerprint density at radius 2 is 1.19 bits per heavy atom. The summed E-state index contributed by atoms with van der Waals surface area (Å²) in [6.45, 7) is 0. The van der Waals surface area contributed by atoms with Crippen LogP contribution in [0.25, 0.3) is 10.8 Å². The van der Waals surface area contributed by atoms with Gasteiger partial charge in [0, 0.05) is 11.1 Å². The zero-order valence-corrected chi connectivity index (χ0v) is 8.62. The lowest BCUT2D eigenvalue weighted by atomic mass is 9.99. The van der Waals surface area contributed by atoms with Crippen LogP contribution in [0.2, 0.25) is 0 Å². The highest BCUT2D eigenvalue weighted by Gasteiger charge is 2.09. The Balaban J connectivity index is 2.81. The van der Waals surface area contributed by atoms with E-state index < -0.39 is 0 Å². The van der Waals surface area contributed by atoms with E-state index in [0.29, 0.717) is 11.1 Å². The SMILES string of the molecule is N=C(N)c1cc2ccccc2cc1C(=N)N. The van der Waals surface area contributed by atoms with Crippen molar-refractivity contribution in [2.24, 2.45) is 11.5 Å². The molecule has 4 nitrogen and oxygen atoms in total. The van der Waals surface area contributed by atoms with Crippen LogP contribution in [0.4, 0.5) is 0 Å². The minimum Gasteiger partial charge on any atom is -0.384 e. The zero-order valence-electron chi connectivity index (χ0n) is 8.62. The van der Waals surface area contributed by atoms with Crippen molar-refractivity contribution >= 4 is 22.4 Å². The molecular weight excluding hydrogens is 200 g/mol. The molecule has 0 aromatic heterocycles. The number of benzene rings is 2. The van der Waals surface area contributed by atoms with E-state index in [4.69, 9.17) is 22.3 Å². The molecule has 2 rings (SSSR count). The number of nitrogen functional groups attached to an aromatic ring is 2. The summed E-state index contributed by atoms with van der Waals surface area (Å²) in [6, 6.07) is 11.3. The molecule has 0 bridgehead atoms. The third kappa shape index (κ3) is 1.61. The highest BCUT2D eigenvalue weighted by molar-refractivity contribution is 6.11. The van der Waals surface area contributed by atoms with E-state index in [1.165, 1.54) is 0 Å². The summed E-state index contributed by atoms with van der Waals surface area (Å²) in [5, 5.41) is 16.9. The molecule has 0 saturated heterocycles. The van der Waals surface area contributed by atoms with Crippen molar-refractivity contribution in [2.45, 2.75) is 0 Å². The first-order valence-electron chi connectivity index (χ1n) is 4.81. The molecule has 0 unspecified atom stereocenters. The summed E-state index contributed by atoms with van der Waals surface area (Å²) in [5.74, 6) is -0.146. The van der Waals surface area contributed by atoms with Crippen LogP contribution >= 0.6 is 0 Å². The first-order chi connectivity index (χ1) is 7.59. The number of nitrogens with one attached hydrogen (secondary N) is 2. The molecule has 0 radical (unpaired) electrons. The number of hydrogen-bond donors (Lipinski definition) is 4. The van der Waals surface area contributed by atoms with Gasteiger partial charge in [-0.2, -0.15) is 0 Å². The molecule has 6 N–H and O–H groups in total. The van der Waals surface area contributed by atoms with Gasteiger partial charge in [-0.3, -0.25) is 10.8 Å². The van der Waals surface area contributed by atoms with Gasteiger partial charge in [-0.15, -0.1) is 0 Å². The van der Waals surface area contributed by atoms with E-state index in [1.807, 2.05) is 24.3 Å². The van der Waals surface area contributed by atoms with E-state index in [-0.39, 0.29) is 11.7 Å². The fraction of sp³-hybridized carbons (Fsp3) is 0. The van der Waals surface area contributed by atoms with E-state index in [0.717, 1.165) is 10.8 Å². The number of nitrogens with two attached hydrogens (primary N) is 2. The fourth-order valence-electron chi connectivity index (χ4n) is 1.69. The van der Waals surface area contributed by atoms with Crippen molar-refractivity contribution in [3.05, 3.63) is 47.5 Å². The smallest absolute Gasteiger partial charge is 0.123 e. The van der Waals surface area contributed by atoms with Gasteiger partial charge in [0.25, 0.3) is 0 Å². The van der Waals surface area contributed by atoms with Crippen LogP contribution < -0.4 is 11.5 Å². The van der Waals surface area contributed by atoms with Crippen LogP contribution in [0, 0.1) is 10.8 Å². The number of fused-ring (bicyclic) bond motifs is 1. The molecule has 4 heteroatoms. The molecule has 0 aliphatic heterocycles. The lowest BCUT2D eigenvalue weighted by Crippen LogP contribution is -2.20. The molecule has 80 valence electrons. The van der Waals surface area contributed by atoms with Crippen molar-refractivity contribution in [3.8, 4) is 0 Å². The first-order valence-corrected chi connectivity index (χ1v) is 4.81. The van der Waals surface area contributed by atoms with Gasteiger partial charge >= 0.3 is 0 Å². The van der Waals surface area contributed by atoms with E-state index in [2.05, 4.69) is 0 Å². The van der Waals surface area contributed by atoms with Gasteiger partial charge in [-0.25, -0.2) is 0 Å². The van der Waals surface area contributed by atoms with Gasteiger partial charge in [-0.05, 0) is 22.9 Å². The van der Waals surface area contributed by atoms with Gasteiger partial charge in [0.1, 0.15) is 11.7 Å². The topological polar surface area (TPSA) is 99.7 Å². The van der Waals surface area contributed by atoms with Gasteiger partial charge in [0.15, 0.2) is 0 Å². The lowest BCUT2D eigenvalue weighted by molar-refractivity contribution is 1.39. The summed E-state index contributed by atoms with van der Waals surface area (Å²) >= 11 is 0. The average Bonchev–Trinajstić information content (AvgIpc) is 2.27. The highest BCUT2D eigenvalue weighted by atomic mass is 14.7. The van der Waals surface area contributed by atoms with Crippen LogP contribution in [0.15, 0.2) is 36.4 Å². The van der Waals surface area contributed by atoms with E-state index in [1.54, 1.807) is 12.1 Å². The molecule has 0 heterocycles. The second kappa shape index (κ2) is 3.66. The summed E-state index contributed by atoms with van der Waals surface area (Å²) in [5.41, 5.74) is 12.0. The second-order valence-electron chi connectivity index (χ2n) is 3.57. The van der Waals surface area contributed by atoms with Crippen LogP contribution in [-0.4, -0.2) is 11.7 Å². The Labute approximate surface area is 92.9 Å². The van der Waals surface area contributed by atoms with Crippen LogP contribution in [0.1, 0.15) is 11.1 Å². The van der Waals surface area contributed by atoms with Crippen molar-refractivity contribution in [1.82, 2.24) is 0 Å². The van der Waals surface area contributed by atoms with Gasteiger partial charge in [0.2, 0.25) is 0 Å². The molecule has 0 spiro atoms. The molecule has 0 atom stereocenters. The van der Waals surface area contributed by atoms with Gasteiger partial charge < -0.3 is 11.5 Å². The molecular formula is C12H12N4. The van der Waals surface area contributed by atoms with E-state index in [9.17, 15) is 0 Å². The largest absolute Gasteiger partial charge is 0.384 e. The van der Waals surface area contributed by atoms with Crippen molar-refractivity contribution in [1.29, 1.82) is 10.8 Å². The van der Waals surface area contributed by atoms with Crippen molar-refractivity contribution < 1.29 is 0 Å². The summed E-state index contributed by atoms with van der Waals surface area (Å²) in [7, 11) is 0. The lowest BCUT2D eigenvalue weighted by Gasteiger charge is -2.08. The monoisotopic (exact) mass is 212 g/mol.